The maximum absolute atomic E-state index is 12.3. The molecule has 0 saturated carbocycles. The molecule has 6 nitrogen and oxygen atoms in total. The molecule has 1 aliphatic rings. The van der Waals surface area contributed by atoms with E-state index in [1.54, 1.807) is 23.5 Å². The molecule has 1 atom stereocenters. The van der Waals surface area contributed by atoms with Crippen molar-refractivity contribution in [3.63, 3.8) is 0 Å². The number of benzene rings is 1. The van der Waals surface area contributed by atoms with Gasteiger partial charge in [0.05, 0.1) is 6.54 Å². The summed E-state index contributed by atoms with van der Waals surface area (Å²) in [5.41, 5.74) is 1.000. The number of aliphatic imine (C=N–C) groups is 1. The molecule has 1 saturated heterocycles. The summed E-state index contributed by atoms with van der Waals surface area (Å²) in [6, 6.07) is 7.07. The molecule has 0 spiro atoms. The van der Waals surface area contributed by atoms with Crippen LogP contribution >= 0.6 is 11.3 Å². The van der Waals surface area contributed by atoms with Crippen LogP contribution in [0.15, 0.2) is 35.5 Å². The van der Waals surface area contributed by atoms with Crippen LogP contribution in [0, 0.1) is 0 Å². The molecular weight excluding hydrogens is 408 g/mol. The highest BCUT2D eigenvalue weighted by Gasteiger charge is 2.21. The lowest BCUT2D eigenvalue weighted by molar-refractivity contribution is -0.0498. The summed E-state index contributed by atoms with van der Waals surface area (Å²) in [6.45, 7) is 4.46. The molecule has 164 valence electrons. The van der Waals surface area contributed by atoms with E-state index < -0.39 is 6.61 Å². The Balaban J connectivity index is 1.59. The van der Waals surface area contributed by atoms with E-state index in [0.717, 1.165) is 55.6 Å². The van der Waals surface area contributed by atoms with Gasteiger partial charge in [0.25, 0.3) is 0 Å². The molecule has 1 aromatic heterocycles. The summed E-state index contributed by atoms with van der Waals surface area (Å²) in [4.78, 5) is 12.7. The number of nitrogens with one attached hydrogen (secondary N) is 2. The molecule has 30 heavy (non-hydrogen) atoms. The first-order valence-electron chi connectivity index (χ1n) is 10.4. The lowest BCUT2D eigenvalue weighted by Crippen LogP contribution is -2.51. The fourth-order valence-electron chi connectivity index (χ4n) is 3.41. The van der Waals surface area contributed by atoms with Crippen LogP contribution in [0.5, 0.6) is 5.75 Å². The summed E-state index contributed by atoms with van der Waals surface area (Å²) in [7, 11) is 0. The van der Waals surface area contributed by atoms with E-state index in [-0.39, 0.29) is 11.8 Å². The minimum atomic E-state index is -2.80. The summed E-state index contributed by atoms with van der Waals surface area (Å²) in [5.74, 6) is 0.966. The topological polar surface area (TPSA) is 61.8 Å². The maximum Gasteiger partial charge on any atom is 0.387 e. The summed E-state index contributed by atoms with van der Waals surface area (Å²) in [6.07, 6.45) is 5.00. The monoisotopic (exact) mass is 437 g/mol. The van der Waals surface area contributed by atoms with Crippen molar-refractivity contribution in [3.05, 3.63) is 40.3 Å². The quantitative estimate of drug-likeness (QED) is 0.482. The van der Waals surface area contributed by atoms with E-state index in [1.807, 2.05) is 25.3 Å². The number of rotatable bonds is 8. The minimum Gasteiger partial charge on any atom is -0.435 e. The SMILES string of the molecule is CCNC(=NCc1ncc(CC)s1)NC1CCCN(c2ccc(OC(F)F)cc2)C1. The van der Waals surface area contributed by atoms with Crippen molar-refractivity contribution in [2.75, 3.05) is 24.5 Å². The smallest absolute Gasteiger partial charge is 0.387 e. The zero-order chi connectivity index (χ0) is 21.3. The molecule has 1 fully saturated rings. The van der Waals surface area contributed by atoms with Crippen molar-refractivity contribution in [2.24, 2.45) is 4.99 Å². The van der Waals surface area contributed by atoms with E-state index in [0.29, 0.717) is 6.54 Å². The first kappa shape index (κ1) is 22.3. The number of piperidine rings is 1. The maximum atomic E-state index is 12.3. The van der Waals surface area contributed by atoms with E-state index in [1.165, 1.54) is 4.88 Å². The van der Waals surface area contributed by atoms with Gasteiger partial charge in [-0.15, -0.1) is 11.3 Å². The summed E-state index contributed by atoms with van der Waals surface area (Å²) < 4.78 is 29.1. The number of aromatic nitrogens is 1. The highest BCUT2D eigenvalue weighted by Crippen LogP contribution is 2.24. The van der Waals surface area contributed by atoms with Gasteiger partial charge in [-0.1, -0.05) is 6.92 Å². The van der Waals surface area contributed by atoms with E-state index in [9.17, 15) is 8.78 Å². The average Bonchev–Trinajstić information content (AvgIpc) is 3.21. The minimum absolute atomic E-state index is 0.176. The predicted molar refractivity (Wildman–Crippen MR) is 118 cm³/mol. The van der Waals surface area contributed by atoms with Crippen molar-refractivity contribution >= 4 is 23.0 Å². The Morgan fingerprint density at radius 1 is 1.33 bits per heavy atom. The van der Waals surface area contributed by atoms with Crippen LogP contribution in [-0.4, -0.2) is 43.2 Å². The normalized spacial score (nSPS) is 17.3. The highest BCUT2D eigenvalue weighted by atomic mass is 32.1. The second kappa shape index (κ2) is 11.1. The van der Waals surface area contributed by atoms with Gasteiger partial charge in [-0.3, -0.25) is 0 Å². The van der Waals surface area contributed by atoms with E-state index in [4.69, 9.17) is 4.99 Å². The van der Waals surface area contributed by atoms with Crippen molar-refractivity contribution in [3.8, 4) is 5.75 Å². The van der Waals surface area contributed by atoms with Crippen LogP contribution in [0.4, 0.5) is 14.5 Å². The molecule has 9 heteroatoms. The first-order chi connectivity index (χ1) is 14.6. The number of hydrogen-bond donors (Lipinski definition) is 2. The van der Waals surface area contributed by atoms with Gasteiger partial charge in [-0.25, -0.2) is 9.98 Å². The largest absolute Gasteiger partial charge is 0.435 e. The Hall–Kier alpha value is -2.42. The third kappa shape index (κ3) is 6.55. The van der Waals surface area contributed by atoms with E-state index in [2.05, 4.69) is 32.2 Å². The highest BCUT2D eigenvalue weighted by molar-refractivity contribution is 7.11. The lowest BCUT2D eigenvalue weighted by atomic mass is 10.0. The van der Waals surface area contributed by atoms with Gasteiger partial charge < -0.3 is 20.3 Å². The van der Waals surface area contributed by atoms with Gasteiger partial charge >= 0.3 is 6.61 Å². The van der Waals surface area contributed by atoms with E-state index >= 15 is 0 Å². The van der Waals surface area contributed by atoms with Crippen molar-refractivity contribution in [2.45, 2.75) is 52.3 Å². The van der Waals surface area contributed by atoms with Crippen LogP contribution in [-0.2, 0) is 13.0 Å². The van der Waals surface area contributed by atoms with Gasteiger partial charge in [0.1, 0.15) is 10.8 Å². The standard InChI is InChI=1S/C21H29F2N5OS/c1-3-18-12-25-19(30-18)13-26-21(24-4-2)27-15-6-5-11-28(14-15)16-7-9-17(10-8-16)29-20(22)23/h7-10,12,15,20H,3-6,11,13-14H2,1-2H3,(H2,24,26,27). The number of guanidine groups is 1. The molecule has 1 aliphatic heterocycles. The molecular formula is C21H29F2N5OS. The number of alkyl halides is 2. The average molecular weight is 438 g/mol. The number of thiazole rings is 1. The zero-order valence-corrected chi connectivity index (χ0v) is 18.2. The van der Waals surface area contributed by atoms with Gasteiger partial charge in [-0.05, 0) is 50.5 Å². The van der Waals surface area contributed by atoms with Crippen molar-refractivity contribution in [1.29, 1.82) is 0 Å². The summed E-state index contributed by atoms with van der Waals surface area (Å²) in [5, 5.41) is 7.86. The Morgan fingerprint density at radius 2 is 2.13 bits per heavy atom. The number of anilines is 1. The van der Waals surface area contributed by atoms with Crippen molar-refractivity contribution < 1.29 is 13.5 Å². The fraction of sp³-hybridized carbons (Fsp3) is 0.524. The second-order valence-corrected chi connectivity index (χ2v) is 8.27. The molecule has 1 unspecified atom stereocenters. The Labute approximate surface area is 180 Å². The Kier molecular flexibility index (Phi) is 8.24. The molecule has 0 amide bonds. The van der Waals surface area contributed by atoms with Gasteiger partial charge in [0.2, 0.25) is 0 Å². The van der Waals surface area contributed by atoms with Crippen LogP contribution in [0.3, 0.4) is 0 Å². The predicted octanol–water partition coefficient (Wildman–Crippen LogP) is 4.03. The molecule has 2 N–H and O–H groups in total. The third-order valence-electron chi connectivity index (χ3n) is 4.86. The molecule has 1 aromatic carbocycles. The number of ether oxygens (including phenoxy) is 1. The fourth-order valence-corrected chi connectivity index (χ4v) is 4.20. The van der Waals surface area contributed by atoms with Crippen LogP contribution in [0.1, 0.15) is 36.6 Å². The summed E-state index contributed by atoms with van der Waals surface area (Å²) >= 11 is 1.70. The molecule has 2 aromatic rings. The molecule has 0 aliphatic carbocycles. The third-order valence-corrected chi connectivity index (χ3v) is 5.98. The number of nitrogens with zero attached hydrogens (tertiary/aromatic N) is 3. The molecule has 2 heterocycles. The molecule has 0 bridgehead atoms. The number of aryl methyl sites for hydroxylation is 1. The zero-order valence-electron chi connectivity index (χ0n) is 17.4. The van der Waals surface area contributed by atoms with Crippen LogP contribution < -0.4 is 20.3 Å². The molecule has 3 rings (SSSR count). The second-order valence-electron chi connectivity index (χ2n) is 7.07. The van der Waals surface area contributed by atoms with Crippen LogP contribution in [0.25, 0.3) is 0 Å². The van der Waals surface area contributed by atoms with Gasteiger partial charge in [0.15, 0.2) is 5.96 Å². The van der Waals surface area contributed by atoms with Gasteiger partial charge in [0, 0.05) is 42.4 Å². The van der Waals surface area contributed by atoms with Gasteiger partial charge in [-0.2, -0.15) is 8.78 Å². The Morgan fingerprint density at radius 3 is 2.80 bits per heavy atom. The lowest BCUT2D eigenvalue weighted by Gasteiger charge is -2.35. The van der Waals surface area contributed by atoms with Crippen molar-refractivity contribution in [1.82, 2.24) is 15.6 Å². The number of hydrogen-bond acceptors (Lipinski definition) is 5. The number of halogens is 2. The molecule has 0 radical (unpaired) electrons. The first-order valence-corrected chi connectivity index (χ1v) is 11.2. The van der Waals surface area contributed by atoms with Crippen LogP contribution in [0.2, 0.25) is 0 Å². The Bertz CT molecular complexity index is 812.